The molecule has 1 aromatic rings. The Balaban J connectivity index is 2.42. The van der Waals surface area contributed by atoms with Crippen molar-refractivity contribution >= 4 is 8.32 Å². The van der Waals surface area contributed by atoms with Crippen LogP contribution in [0.3, 0.4) is 0 Å². The molecule has 1 heterocycles. The maximum atomic E-state index is 6.25. The summed E-state index contributed by atoms with van der Waals surface area (Å²) in [5.74, 6) is 1.92. The summed E-state index contributed by atoms with van der Waals surface area (Å²) in [5.41, 5.74) is 4.30. The van der Waals surface area contributed by atoms with E-state index in [0.29, 0.717) is 5.92 Å². The van der Waals surface area contributed by atoms with Crippen molar-refractivity contribution in [3.63, 3.8) is 0 Å². The molecule has 0 unspecified atom stereocenters. The molecule has 0 saturated carbocycles. The first-order valence-electron chi connectivity index (χ1n) is 6.19. The fourth-order valence-corrected chi connectivity index (χ4v) is 4.63. The van der Waals surface area contributed by atoms with Crippen LogP contribution in [0, 0.1) is 12.8 Å². The van der Waals surface area contributed by atoms with E-state index < -0.39 is 8.32 Å². The van der Waals surface area contributed by atoms with Crippen LogP contribution in [0.5, 0.6) is 5.75 Å². The smallest absolute Gasteiger partial charge is 0.249 e. The fourth-order valence-electron chi connectivity index (χ4n) is 2.46. The van der Waals surface area contributed by atoms with Crippen LogP contribution in [-0.4, -0.2) is 8.32 Å². The molecule has 2 rings (SSSR count). The Kier molecular flexibility index (Phi) is 2.87. The molecule has 0 radical (unpaired) electrons. The number of hydrogen-bond donors (Lipinski definition) is 0. The van der Waals surface area contributed by atoms with E-state index in [9.17, 15) is 0 Å². The molecule has 0 spiro atoms. The summed E-state index contributed by atoms with van der Waals surface area (Å²) in [6.07, 6.45) is 1.13. The van der Waals surface area contributed by atoms with E-state index in [1.165, 1.54) is 28.5 Å². The van der Waals surface area contributed by atoms with Crippen LogP contribution in [-0.2, 0) is 12.5 Å². The average Bonchev–Trinajstić information content (AvgIpc) is 2.47. The summed E-state index contributed by atoms with van der Waals surface area (Å²) < 4.78 is 6.25. The highest BCUT2D eigenvalue weighted by Gasteiger charge is 2.35. The van der Waals surface area contributed by atoms with Gasteiger partial charge in [-0.15, -0.1) is 0 Å². The lowest BCUT2D eigenvalue weighted by atomic mass is 9.97. The maximum Gasteiger partial charge on any atom is 0.249 e. The van der Waals surface area contributed by atoms with Gasteiger partial charge in [0, 0.05) is 6.04 Å². The Labute approximate surface area is 100.0 Å². The quantitative estimate of drug-likeness (QED) is 0.706. The third-order valence-electron chi connectivity index (χ3n) is 3.19. The molecule has 16 heavy (non-hydrogen) atoms. The van der Waals surface area contributed by atoms with Gasteiger partial charge in [0.15, 0.2) is 0 Å². The second-order valence-electron chi connectivity index (χ2n) is 5.99. The van der Waals surface area contributed by atoms with E-state index in [4.69, 9.17) is 4.43 Å². The molecular weight excluding hydrogens is 212 g/mol. The zero-order chi connectivity index (χ0) is 11.9. The lowest BCUT2D eigenvalue weighted by Gasteiger charge is -2.17. The fraction of sp³-hybridized carbons (Fsp3) is 0.571. The molecule has 0 saturated heterocycles. The lowest BCUT2D eigenvalue weighted by Crippen LogP contribution is -2.32. The normalized spacial score (nSPS) is 17.4. The van der Waals surface area contributed by atoms with Gasteiger partial charge in [-0.3, -0.25) is 0 Å². The van der Waals surface area contributed by atoms with E-state index >= 15 is 0 Å². The van der Waals surface area contributed by atoms with Crippen molar-refractivity contribution in [1.29, 1.82) is 0 Å². The first-order valence-corrected chi connectivity index (χ1v) is 9.31. The van der Waals surface area contributed by atoms with Gasteiger partial charge >= 0.3 is 0 Å². The Bertz CT molecular complexity index is 407. The van der Waals surface area contributed by atoms with Crippen molar-refractivity contribution in [2.45, 2.75) is 46.3 Å². The predicted molar refractivity (Wildman–Crippen MR) is 71.5 cm³/mol. The van der Waals surface area contributed by atoms with Crippen molar-refractivity contribution in [1.82, 2.24) is 0 Å². The van der Waals surface area contributed by atoms with Crippen LogP contribution in [0.15, 0.2) is 12.1 Å². The largest absolute Gasteiger partial charge is 0.543 e. The highest BCUT2D eigenvalue weighted by atomic mass is 28.4. The molecule has 2 heteroatoms. The van der Waals surface area contributed by atoms with Crippen LogP contribution >= 0.6 is 0 Å². The number of fused-ring (bicyclic) bond motifs is 1. The van der Waals surface area contributed by atoms with Crippen molar-refractivity contribution in [3.05, 3.63) is 28.8 Å². The van der Waals surface area contributed by atoms with Gasteiger partial charge in [-0.25, -0.2) is 0 Å². The summed E-state index contributed by atoms with van der Waals surface area (Å²) in [6.45, 7) is 11.4. The van der Waals surface area contributed by atoms with Gasteiger partial charge in [-0.05, 0) is 49.0 Å². The summed E-state index contributed by atoms with van der Waals surface area (Å²) in [6, 6.07) is 5.69. The summed E-state index contributed by atoms with van der Waals surface area (Å²) in [4.78, 5) is 0. The van der Waals surface area contributed by atoms with Crippen LogP contribution in [0.4, 0.5) is 0 Å². The van der Waals surface area contributed by atoms with Crippen LogP contribution in [0.25, 0.3) is 0 Å². The molecule has 1 aliphatic rings. The lowest BCUT2D eigenvalue weighted by molar-refractivity contribution is 0.550. The standard InChI is InChI=1S/C14H22OSi/c1-10(2)8-12-7-6-11(3)13-9-16(4,5)15-14(12)13/h6-7,10H,8-9H2,1-5H3. The number of hydrogen-bond acceptors (Lipinski definition) is 1. The van der Waals surface area contributed by atoms with Gasteiger partial charge in [0.1, 0.15) is 5.75 Å². The zero-order valence-corrected chi connectivity index (χ0v) is 12.1. The predicted octanol–water partition coefficient (Wildman–Crippen LogP) is 3.87. The van der Waals surface area contributed by atoms with Crippen molar-refractivity contribution in [2.75, 3.05) is 0 Å². The molecule has 0 atom stereocenters. The topological polar surface area (TPSA) is 9.23 Å². The highest BCUT2D eigenvalue weighted by molar-refractivity contribution is 6.72. The maximum absolute atomic E-state index is 6.25. The van der Waals surface area contributed by atoms with Gasteiger partial charge in [0.25, 0.3) is 0 Å². The number of benzene rings is 1. The minimum atomic E-state index is -1.46. The molecule has 88 valence electrons. The van der Waals surface area contributed by atoms with Crippen LogP contribution in [0.2, 0.25) is 13.1 Å². The van der Waals surface area contributed by atoms with E-state index in [1.54, 1.807) is 0 Å². The molecule has 1 nitrogen and oxygen atoms in total. The van der Waals surface area contributed by atoms with Crippen LogP contribution < -0.4 is 4.43 Å². The van der Waals surface area contributed by atoms with E-state index in [-0.39, 0.29) is 0 Å². The van der Waals surface area contributed by atoms with Gasteiger partial charge in [-0.2, -0.15) is 0 Å². The Morgan fingerprint density at radius 3 is 2.62 bits per heavy atom. The second-order valence-corrected chi connectivity index (χ2v) is 10.1. The second kappa shape index (κ2) is 3.92. The third kappa shape index (κ3) is 2.17. The Morgan fingerprint density at radius 2 is 2.00 bits per heavy atom. The third-order valence-corrected chi connectivity index (χ3v) is 5.15. The molecule has 0 amide bonds. The van der Waals surface area contributed by atoms with E-state index in [0.717, 1.165) is 6.42 Å². The molecule has 0 bridgehead atoms. The number of rotatable bonds is 2. The molecule has 1 aliphatic heterocycles. The SMILES string of the molecule is Cc1ccc(CC(C)C)c2c1C[Si](C)(C)O2. The molecule has 1 aromatic carbocycles. The molecule has 0 aromatic heterocycles. The van der Waals surface area contributed by atoms with Crippen molar-refractivity contribution < 1.29 is 4.43 Å². The van der Waals surface area contributed by atoms with Crippen LogP contribution in [0.1, 0.15) is 30.5 Å². The van der Waals surface area contributed by atoms with Gasteiger partial charge < -0.3 is 4.43 Å². The molecule has 0 aliphatic carbocycles. The molecule has 0 fully saturated rings. The average molecular weight is 234 g/mol. The Morgan fingerprint density at radius 1 is 1.31 bits per heavy atom. The monoisotopic (exact) mass is 234 g/mol. The molecular formula is C14H22OSi. The first-order chi connectivity index (χ1) is 7.39. The summed E-state index contributed by atoms with van der Waals surface area (Å²) >= 11 is 0. The minimum absolute atomic E-state index is 0.695. The van der Waals surface area contributed by atoms with Crippen molar-refractivity contribution in [3.8, 4) is 5.75 Å². The van der Waals surface area contributed by atoms with Gasteiger partial charge in [0.05, 0.1) is 0 Å². The first kappa shape index (κ1) is 11.7. The van der Waals surface area contributed by atoms with Gasteiger partial charge in [-0.1, -0.05) is 26.0 Å². The van der Waals surface area contributed by atoms with Crippen molar-refractivity contribution in [2.24, 2.45) is 5.92 Å². The summed E-state index contributed by atoms with van der Waals surface area (Å²) in [5, 5.41) is 0. The Hall–Kier alpha value is -0.763. The minimum Gasteiger partial charge on any atom is -0.543 e. The van der Waals surface area contributed by atoms with Gasteiger partial charge in [0.2, 0.25) is 8.32 Å². The summed E-state index contributed by atoms with van der Waals surface area (Å²) in [7, 11) is -1.46. The van der Waals surface area contributed by atoms with E-state index in [1.807, 2.05) is 0 Å². The van der Waals surface area contributed by atoms with E-state index in [2.05, 4.69) is 46.0 Å². The molecule has 0 N–H and O–H groups in total. The zero-order valence-electron chi connectivity index (χ0n) is 11.1. The number of aryl methyl sites for hydroxylation is 1. The highest BCUT2D eigenvalue weighted by Crippen LogP contribution is 2.38.